The first kappa shape index (κ1) is 16.7. The second-order valence-electron chi connectivity index (χ2n) is 5.44. The average Bonchev–Trinajstić information content (AvgIpc) is 2.77. The van der Waals surface area contributed by atoms with Gasteiger partial charge in [0.25, 0.3) is 5.92 Å². The molecule has 0 radical (unpaired) electrons. The summed E-state index contributed by atoms with van der Waals surface area (Å²) in [5.41, 5.74) is -0.413. The Bertz CT molecular complexity index is 602. The van der Waals surface area contributed by atoms with Crippen molar-refractivity contribution in [3.63, 3.8) is 0 Å². The summed E-state index contributed by atoms with van der Waals surface area (Å²) in [6.07, 6.45) is -7.56. The largest absolute Gasteiger partial charge is 0.391 e. The molecule has 1 unspecified atom stereocenters. The molecule has 4 nitrogen and oxygen atoms in total. The van der Waals surface area contributed by atoms with Crippen LogP contribution >= 0.6 is 0 Å². The molecule has 0 saturated heterocycles. The summed E-state index contributed by atoms with van der Waals surface area (Å²) >= 11 is 0. The Kier molecular flexibility index (Phi) is 4.17. The zero-order valence-corrected chi connectivity index (χ0v) is 11.7. The SMILES string of the molecule is CC(CCn1nc(C#N)c2c1CCC(F)(F)[C@H]2O)C(F)(F)F. The molecule has 1 N–H and O–H groups in total. The summed E-state index contributed by atoms with van der Waals surface area (Å²) in [5.74, 6) is -4.95. The Morgan fingerprint density at radius 3 is 2.68 bits per heavy atom. The van der Waals surface area contributed by atoms with E-state index in [-0.39, 0.29) is 36.3 Å². The molecule has 0 aliphatic heterocycles. The van der Waals surface area contributed by atoms with Gasteiger partial charge in [-0.05, 0) is 12.8 Å². The monoisotopic (exact) mass is 323 g/mol. The molecule has 1 aliphatic rings. The predicted octanol–water partition coefficient (Wildman–Crippen LogP) is 2.96. The maximum atomic E-state index is 13.5. The van der Waals surface area contributed by atoms with Crippen molar-refractivity contribution in [2.75, 3.05) is 0 Å². The molecule has 22 heavy (non-hydrogen) atoms. The van der Waals surface area contributed by atoms with Gasteiger partial charge < -0.3 is 5.11 Å². The zero-order chi connectivity index (χ0) is 16.7. The van der Waals surface area contributed by atoms with Crippen molar-refractivity contribution in [3.05, 3.63) is 17.0 Å². The van der Waals surface area contributed by atoms with Gasteiger partial charge in [0.05, 0.1) is 5.92 Å². The third kappa shape index (κ3) is 2.92. The second kappa shape index (κ2) is 5.50. The highest BCUT2D eigenvalue weighted by Gasteiger charge is 2.47. The molecule has 0 fully saturated rings. The number of alkyl halides is 5. The fourth-order valence-electron chi connectivity index (χ4n) is 2.44. The number of nitrogens with zero attached hydrogens (tertiary/aromatic N) is 3. The van der Waals surface area contributed by atoms with E-state index in [4.69, 9.17) is 5.26 Å². The van der Waals surface area contributed by atoms with E-state index in [2.05, 4.69) is 5.10 Å². The Morgan fingerprint density at radius 2 is 2.14 bits per heavy atom. The van der Waals surface area contributed by atoms with E-state index in [9.17, 15) is 27.1 Å². The predicted molar refractivity (Wildman–Crippen MR) is 65.0 cm³/mol. The van der Waals surface area contributed by atoms with E-state index in [0.717, 1.165) is 11.6 Å². The minimum absolute atomic E-state index is 0.144. The van der Waals surface area contributed by atoms with Crippen LogP contribution in [0.4, 0.5) is 22.0 Å². The van der Waals surface area contributed by atoms with Crippen LogP contribution in [0.1, 0.15) is 42.8 Å². The van der Waals surface area contributed by atoms with Gasteiger partial charge in [-0.1, -0.05) is 6.92 Å². The summed E-state index contributed by atoms with van der Waals surface area (Å²) in [5, 5.41) is 22.4. The molecule has 1 aliphatic carbocycles. The Hall–Kier alpha value is -1.69. The molecule has 1 aromatic heterocycles. The maximum Gasteiger partial charge on any atom is 0.391 e. The van der Waals surface area contributed by atoms with Gasteiger partial charge in [-0.15, -0.1) is 0 Å². The van der Waals surface area contributed by atoms with Crippen molar-refractivity contribution in [1.29, 1.82) is 5.26 Å². The summed E-state index contributed by atoms with van der Waals surface area (Å²) < 4.78 is 65.7. The minimum atomic E-state index is -4.35. The summed E-state index contributed by atoms with van der Waals surface area (Å²) in [6.45, 7) is 0.868. The van der Waals surface area contributed by atoms with E-state index in [0.29, 0.717) is 0 Å². The van der Waals surface area contributed by atoms with Gasteiger partial charge in [0.15, 0.2) is 5.69 Å². The molecular formula is C13H14F5N3O. The maximum absolute atomic E-state index is 13.5. The second-order valence-corrected chi connectivity index (χ2v) is 5.44. The number of nitriles is 1. The van der Waals surface area contributed by atoms with Crippen molar-refractivity contribution in [2.45, 2.75) is 50.9 Å². The van der Waals surface area contributed by atoms with Crippen LogP contribution in [-0.2, 0) is 13.0 Å². The quantitative estimate of drug-likeness (QED) is 0.870. The van der Waals surface area contributed by atoms with Gasteiger partial charge >= 0.3 is 6.18 Å². The Morgan fingerprint density at radius 1 is 1.50 bits per heavy atom. The number of hydrogen-bond donors (Lipinski definition) is 1. The van der Waals surface area contributed by atoms with E-state index >= 15 is 0 Å². The summed E-state index contributed by atoms with van der Waals surface area (Å²) in [4.78, 5) is 0. The van der Waals surface area contributed by atoms with Crippen LogP contribution in [0.2, 0.25) is 0 Å². The summed E-state index contributed by atoms with van der Waals surface area (Å²) in [7, 11) is 0. The molecule has 0 aromatic carbocycles. The molecule has 2 atom stereocenters. The highest BCUT2D eigenvalue weighted by molar-refractivity contribution is 5.40. The van der Waals surface area contributed by atoms with E-state index in [1.165, 1.54) is 0 Å². The lowest BCUT2D eigenvalue weighted by Gasteiger charge is -2.28. The third-order valence-electron chi connectivity index (χ3n) is 3.91. The molecule has 1 aromatic rings. The molecule has 0 amide bonds. The smallest absolute Gasteiger partial charge is 0.382 e. The van der Waals surface area contributed by atoms with Crippen molar-refractivity contribution in [1.82, 2.24) is 9.78 Å². The van der Waals surface area contributed by atoms with E-state index in [1.807, 2.05) is 0 Å². The fourth-order valence-corrected chi connectivity index (χ4v) is 2.44. The van der Waals surface area contributed by atoms with Crippen LogP contribution in [0, 0.1) is 17.2 Å². The lowest BCUT2D eigenvalue weighted by atomic mass is 9.90. The van der Waals surface area contributed by atoms with E-state index < -0.39 is 30.5 Å². The van der Waals surface area contributed by atoms with Crippen molar-refractivity contribution < 1.29 is 27.1 Å². The van der Waals surface area contributed by atoms with Crippen LogP contribution in [0.5, 0.6) is 0 Å². The van der Waals surface area contributed by atoms with Crippen molar-refractivity contribution in [2.24, 2.45) is 5.92 Å². The van der Waals surface area contributed by atoms with Gasteiger partial charge in [0, 0.05) is 24.2 Å². The first-order valence-electron chi connectivity index (χ1n) is 6.70. The number of aliphatic hydroxyl groups excluding tert-OH is 1. The molecule has 0 spiro atoms. The number of halogens is 5. The molecular weight excluding hydrogens is 309 g/mol. The molecule has 122 valence electrons. The number of fused-ring (bicyclic) bond motifs is 1. The standard InChI is InChI=1S/C13H14F5N3O/c1-7(13(16,17)18)3-5-21-9-2-4-12(14,15)11(22)10(9)8(6-19)20-21/h7,11,22H,2-5H2,1H3/t7?,11-/m0/s1. The topological polar surface area (TPSA) is 61.8 Å². The highest BCUT2D eigenvalue weighted by Crippen LogP contribution is 2.43. The minimum Gasteiger partial charge on any atom is -0.382 e. The van der Waals surface area contributed by atoms with Crippen molar-refractivity contribution in [3.8, 4) is 6.07 Å². The Labute approximate surface area is 123 Å². The van der Waals surface area contributed by atoms with Crippen LogP contribution < -0.4 is 0 Å². The number of hydrogen-bond acceptors (Lipinski definition) is 3. The highest BCUT2D eigenvalue weighted by atomic mass is 19.4. The lowest BCUT2D eigenvalue weighted by molar-refractivity contribution is -0.171. The van der Waals surface area contributed by atoms with Crippen LogP contribution in [0.3, 0.4) is 0 Å². The van der Waals surface area contributed by atoms with Gasteiger partial charge in [-0.3, -0.25) is 4.68 Å². The van der Waals surface area contributed by atoms with Crippen LogP contribution in [0.15, 0.2) is 0 Å². The third-order valence-corrected chi connectivity index (χ3v) is 3.91. The molecule has 1 heterocycles. The van der Waals surface area contributed by atoms with E-state index in [1.54, 1.807) is 6.07 Å². The lowest BCUT2D eigenvalue weighted by Crippen LogP contribution is -2.32. The fraction of sp³-hybridized carbons (Fsp3) is 0.692. The molecule has 2 rings (SSSR count). The van der Waals surface area contributed by atoms with Gasteiger partial charge in [-0.25, -0.2) is 8.78 Å². The zero-order valence-electron chi connectivity index (χ0n) is 11.7. The molecule has 0 bridgehead atoms. The first-order chi connectivity index (χ1) is 10.1. The van der Waals surface area contributed by atoms with Gasteiger partial charge in [0.2, 0.25) is 0 Å². The number of rotatable bonds is 3. The van der Waals surface area contributed by atoms with Gasteiger partial charge in [-0.2, -0.15) is 23.5 Å². The Balaban J connectivity index is 2.28. The average molecular weight is 323 g/mol. The first-order valence-corrected chi connectivity index (χ1v) is 6.70. The normalized spacial score (nSPS) is 22.0. The number of aromatic nitrogens is 2. The number of aliphatic hydroxyl groups is 1. The van der Waals surface area contributed by atoms with Gasteiger partial charge in [0.1, 0.15) is 12.2 Å². The molecule has 0 saturated carbocycles. The number of aryl methyl sites for hydroxylation is 1. The summed E-state index contributed by atoms with van der Waals surface area (Å²) in [6, 6.07) is 1.61. The van der Waals surface area contributed by atoms with Crippen molar-refractivity contribution >= 4 is 0 Å². The van der Waals surface area contributed by atoms with Crippen LogP contribution in [-0.4, -0.2) is 27.0 Å². The van der Waals surface area contributed by atoms with Crippen LogP contribution in [0.25, 0.3) is 0 Å². The molecule has 9 heteroatoms.